The summed E-state index contributed by atoms with van der Waals surface area (Å²) in [4.78, 5) is 14.0. The van der Waals surface area contributed by atoms with E-state index in [-0.39, 0.29) is 5.91 Å². The number of nitrogens with one attached hydrogen (secondary N) is 1. The normalized spacial score (nSPS) is 15.0. The van der Waals surface area contributed by atoms with Gasteiger partial charge in [-0.1, -0.05) is 15.9 Å². The van der Waals surface area contributed by atoms with Crippen molar-refractivity contribution in [2.45, 2.75) is 32.2 Å². The summed E-state index contributed by atoms with van der Waals surface area (Å²) in [5, 5.41) is 3.33. The van der Waals surface area contributed by atoms with E-state index in [1.807, 2.05) is 23.1 Å². The molecule has 0 unspecified atom stereocenters. The highest BCUT2D eigenvalue weighted by Crippen LogP contribution is 2.22. The average molecular weight is 355 g/mol. The molecule has 0 aromatic heterocycles. The fraction of sp³-hybridized carbons (Fsp3) is 0.562. The highest BCUT2D eigenvalue weighted by molar-refractivity contribution is 9.10. The van der Waals surface area contributed by atoms with E-state index < -0.39 is 0 Å². The van der Waals surface area contributed by atoms with Crippen LogP contribution in [0.2, 0.25) is 0 Å². The lowest BCUT2D eigenvalue weighted by Crippen LogP contribution is -2.37. The zero-order valence-electron chi connectivity index (χ0n) is 12.5. The third-order valence-electron chi connectivity index (χ3n) is 3.79. The zero-order chi connectivity index (χ0) is 15.1. The number of amides is 1. The highest BCUT2D eigenvalue weighted by Gasteiger charge is 2.15. The van der Waals surface area contributed by atoms with Gasteiger partial charge in [-0.2, -0.15) is 0 Å². The van der Waals surface area contributed by atoms with Crippen molar-refractivity contribution in [3.8, 4) is 5.75 Å². The molecule has 0 radical (unpaired) electrons. The van der Waals surface area contributed by atoms with Gasteiger partial charge in [0.15, 0.2) is 0 Å². The van der Waals surface area contributed by atoms with E-state index in [0.717, 1.165) is 48.3 Å². The molecule has 0 bridgehead atoms. The Morgan fingerprint density at radius 2 is 2.10 bits per heavy atom. The molecule has 0 aliphatic carbocycles. The average Bonchev–Trinajstić information content (AvgIpc) is 2.53. The predicted octanol–water partition coefficient (Wildman–Crippen LogP) is 2.95. The minimum Gasteiger partial charge on any atom is -0.497 e. The van der Waals surface area contributed by atoms with Crippen LogP contribution in [0.15, 0.2) is 22.7 Å². The van der Waals surface area contributed by atoms with Gasteiger partial charge in [-0.3, -0.25) is 4.79 Å². The van der Waals surface area contributed by atoms with Crippen LogP contribution < -0.4 is 10.1 Å². The van der Waals surface area contributed by atoms with Crippen LogP contribution in [0.1, 0.15) is 31.2 Å². The molecule has 1 aliphatic rings. The molecule has 1 N–H and O–H groups in total. The number of likely N-dealkylation sites (tertiary alicyclic amines) is 1. The van der Waals surface area contributed by atoms with Crippen molar-refractivity contribution in [2.75, 3.05) is 26.7 Å². The van der Waals surface area contributed by atoms with Gasteiger partial charge in [0.1, 0.15) is 5.75 Å². The molecule has 0 spiro atoms. The number of nitrogens with zero attached hydrogens (tertiary/aromatic N) is 1. The van der Waals surface area contributed by atoms with Gasteiger partial charge >= 0.3 is 0 Å². The van der Waals surface area contributed by atoms with Gasteiger partial charge < -0.3 is 15.0 Å². The van der Waals surface area contributed by atoms with E-state index in [1.54, 1.807) is 7.11 Å². The summed E-state index contributed by atoms with van der Waals surface area (Å²) >= 11 is 3.53. The number of carbonyl (C=O) groups is 1. The second-order valence-electron chi connectivity index (χ2n) is 5.33. The monoisotopic (exact) mass is 354 g/mol. The quantitative estimate of drug-likeness (QED) is 0.798. The van der Waals surface area contributed by atoms with Gasteiger partial charge in [0.2, 0.25) is 5.91 Å². The summed E-state index contributed by atoms with van der Waals surface area (Å²) in [5.74, 6) is 1.12. The van der Waals surface area contributed by atoms with E-state index in [4.69, 9.17) is 4.74 Å². The molecule has 2 rings (SSSR count). The number of hydrogen-bond acceptors (Lipinski definition) is 3. The fourth-order valence-corrected chi connectivity index (χ4v) is 2.92. The summed E-state index contributed by atoms with van der Waals surface area (Å²) in [5.41, 5.74) is 1.14. The lowest BCUT2D eigenvalue weighted by atomic mass is 10.1. The summed E-state index contributed by atoms with van der Waals surface area (Å²) in [6.07, 6.45) is 4.12. The Morgan fingerprint density at radius 1 is 1.33 bits per heavy atom. The van der Waals surface area contributed by atoms with E-state index in [2.05, 4.69) is 21.2 Å². The minimum absolute atomic E-state index is 0.270. The maximum absolute atomic E-state index is 12.0. The molecule has 116 valence electrons. The van der Waals surface area contributed by atoms with Gasteiger partial charge in [0.25, 0.3) is 0 Å². The van der Waals surface area contributed by atoms with E-state index >= 15 is 0 Å². The molecular weight excluding hydrogens is 332 g/mol. The molecule has 1 aromatic rings. The maximum atomic E-state index is 12.0. The molecule has 1 aliphatic heterocycles. The van der Waals surface area contributed by atoms with Gasteiger partial charge in [0.05, 0.1) is 7.11 Å². The lowest BCUT2D eigenvalue weighted by molar-refractivity contribution is -0.131. The van der Waals surface area contributed by atoms with E-state index in [0.29, 0.717) is 13.0 Å². The standard InChI is InChI=1S/C16H23BrN2O2/c1-21-14-5-6-15(17)13(11-14)12-18-8-7-16(20)19-9-3-2-4-10-19/h5-6,11,18H,2-4,7-10,12H2,1H3. The first-order valence-corrected chi connectivity index (χ1v) is 8.31. The summed E-state index contributed by atoms with van der Waals surface area (Å²) < 4.78 is 6.28. The van der Waals surface area contributed by atoms with Crippen molar-refractivity contribution in [1.82, 2.24) is 10.2 Å². The third-order valence-corrected chi connectivity index (χ3v) is 4.57. The summed E-state index contributed by atoms with van der Waals surface area (Å²) in [6.45, 7) is 3.30. The Bertz CT molecular complexity index is 473. The molecule has 1 amide bonds. The first kappa shape index (κ1) is 16.3. The Hall–Kier alpha value is -1.07. The lowest BCUT2D eigenvalue weighted by Gasteiger charge is -2.26. The van der Waals surface area contributed by atoms with Crippen LogP contribution in [0, 0.1) is 0 Å². The topological polar surface area (TPSA) is 41.6 Å². The Balaban J connectivity index is 1.73. The molecule has 1 fully saturated rings. The van der Waals surface area contributed by atoms with Crippen molar-refractivity contribution >= 4 is 21.8 Å². The molecule has 21 heavy (non-hydrogen) atoms. The summed E-state index contributed by atoms with van der Waals surface area (Å²) in [6, 6.07) is 5.91. The van der Waals surface area contributed by atoms with Crippen LogP contribution in [-0.4, -0.2) is 37.6 Å². The Kier molecular flexibility index (Phi) is 6.51. The van der Waals surface area contributed by atoms with Crippen LogP contribution in [0.25, 0.3) is 0 Å². The minimum atomic E-state index is 0.270. The van der Waals surface area contributed by atoms with Crippen molar-refractivity contribution in [2.24, 2.45) is 0 Å². The number of piperidine rings is 1. The maximum Gasteiger partial charge on any atom is 0.223 e. The molecule has 4 nitrogen and oxygen atoms in total. The van der Waals surface area contributed by atoms with Gasteiger partial charge in [-0.15, -0.1) is 0 Å². The van der Waals surface area contributed by atoms with Crippen LogP contribution >= 0.6 is 15.9 Å². The molecule has 1 saturated heterocycles. The van der Waals surface area contributed by atoms with Crippen molar-refractivity contribution < 1.29 is 9.53 Å². The first-order chi connectivity index (χ1) is 10.2. The SMILES string of the molecule is COc1ccc(Br)c(CNCCC(=O)N2CCCCC2)c1. The highest BCUT2D eigenvalue weighted by atomic mass is 79.9. The Labute approximate surface area is 135 Å². The van der Waals surface area contributed by atoms with Crippen LogP contribution in [0.3, 0.4) is 0 Å². The second-order valence-corrected chi connectivity index (χ2v) is 6.18. The van der Waals surface area contributed by atoms with Crippen molar-refractivity contribution in [1.29, 1.82) is 0 Å². The van der Waals surface area contributed by atoms with Crippen molar-refractivity contribution in [3.63, 3.8) is 0 Å². The number of carbonyl (C=O) groups excluding carboxylic acids is 1. The first-order valence-electron chi connectivity index (χ1n) is 7.51. The molecule has 0 atom stereocenters. The predicted molar refractivity (Wildman–Crippen MR) is 87.4 cm³/mol. The van der Waals surface area contributed by atoms with E-state index in [9.17, 15) is 4.79 Å². The van der Waals surface area contributed by atoms with Crippen molar-refractivity contribution in [3.05, 3.63) is 28.2 Å². The third kappa shape index (κ3) is 5.00. The number of halogens is 1. The molecular formula is C16H23BrN2O2. The van der Waals surface area contributed by atoms with Crippen LogP contribution in [0.4, 0.5) is 0 Å². The number of hydrogen-bond donors (Lipinski definition) is 1. The summed E-state index contributed by atoms with van der Waals surface area (Å²) in [7, 11) is 1.66. The van der Waals surface area contributed by atoms with Gasteiger partial charge in [0, 0.05) is 37.1 Å². The fourth-order valence-electron chi connectivity index (χ4n) is 2.53. The molecule has 1 heterocycles. The number of rotatable bonds is 6. The number of benzene rings is 1. The van der Waals surface area contributed by atoms with Crippen LogP contribution in [0.5, 0.6) is 5.75 Å². The zero-order valence-corrected chi connectivity index (χ0v) is 14.1. The number of ether oxygens (including phenoxy) is 1. The smallest absolute Gasteiger partial charge is 0.223 e. The largest absolute Gasteiger partial charge is 0.497 e. The van der Waals surface area contributed by atoms with Crippen LogP contribution in [-0.2, 0) is 11.3 Å². The van der Waals surface area contributed by atoms with Gasteiger partial charge in [-0.05, 0) is 43.0 Å². The second kappa shape index (κ2) is 8.39. The van der Waals surface area contributed by atoms with Gasteiger partial charge in [-0.25, -0.2) is 0 Å². The molecule has 5 heteroatoms. The van der Waals surface area contributed by atoms with E-state index in [1.165, 1.54) is 6.42 Å². The number of methoxy groups -OCH3 is 1. The molecule has 1 aromatic carbocycles. The Morgan fingerprint density at radius 3 is 2.81 bits per heavy atom. The molecule has 0 saturated carbocycles.